The molecule has 0 spiro atoms. The van der Waals surface area contributed by atoms with Gasteiger partial charge in [-0.3, -0.25) is 14.4 Å². The van der Waals surface area contributed by atoms with E-state index in [4.69, 9.17) is 18.9 Å². The highest BCUT2D eigenvalue weighted by atomic mass is 16.7. The molecule has 0 aromatic carbocycles. The number of carbonyl (C=O) groups is 3. The molecular weight excluding hydrogens is 270 g/mol. The van der Waals surface area contributed by atoms with E-state index >= 15 is 0 Å². The maximum atomic E-state index is 11.2. The summed E-state index contributed by atoms with van der Waals surface area (Å²) >= 11 is 0. The van der Waals surface area contributed by atoms with Crippen molar-refractivity contribution in [1.29, 1.82) is 0 Å². The standard InChI is InChI=1S/C12H19NO7/c1-6(14)13-9-5-18-12(17-4)11(20-8(3)16)10(9)19-7(2)15/h9-12H,5H2,1-4H3,(H,13,14)/t9-,10-,11+,12-/m0/s1. The molecule has 20 heavy (non-hydrogen) atoms. The normalized spacial score (nSPS) is 29.4. The van der Waals surface area contributed by atoms with Crippen LogP contribution in [-0.2, 0) is 33.3 Å². The predicted molar refractivity (Wildman–Crippen MR) is 65.5 cm³/mol. The second-order valence-electron chi connectivity index (χ2n) is 4.39. The first kappa shape index (κ1) is 16.4. The number of ether oxygens (including phenoxy) is 4. The summed E-state index contributed by atoms with van der Waals surface area (Å²) in [6.45, 7) is 3.86. The molecule has 0 bridgehead atoms. The van der Waals surface area contributed by atoms with Crippen LogP contribution in [0.25, 0.3) is 0 Å². The van der Waals surface area contributed by atoms with Crippen molar-refractivity contribution >= 4 is 17.8 Å². The Bertz CT molecular complexity index is 384. The van der Waals surface area contributed by atoms with Crippen molar-refractivity contribution in [2.24, 2.45) is 0 Å². The highest BCUT2D eigenvalue weighted by molar-refractivity contribution is 5.73. The molecule has 1 heterocycles. The summed E-state index contributed by atoms with van der Waals surface area (Å²) in [5.41, 5.74) is 0. The van der Waals surface area contributed by atoms with Gasteiger partial charge in [0, 0.05) is 27.9 Å². The largest absolute Gasteiger partial charge is 0.456 e. The molecule has 0 radical (unpaired) electrons. The summed E-state index contributed by atoms with van der Waals surface area (Å²) in [6, 6.07) is -0.618. The van der Waals surface area contributed by atoms with Crippen molar-refractivity contribution in [3.8, 4) is 0 Å². The monoisotopic (exact) mass is 289 g/mol. The molecule has 1 saturated heterocycles. The molecule has 0 unspecified atom stereocenters. The van der Waals surface area contributed by atoms with E-state index in [-0.39, 0.29) is 12.5 Å². The van der Waals surface area contributed by atoms with E-state index in [9.17, 15) is 14.4 Å². The van der Waals surface area contributed by atoms with Gasteiger partial charge in [0.05, 0.1) is 12.6 Å². The lowest BCUT2D eigenvalue weighted by Crippen LogP contribution is -2.61. The number of amides is 1. The van der Waals surface area contributed by atoms with E-state index in [1.807, 2.05) is 0 Å². The van der Waals surface area contributed by atoms with E-state index in [0.29, 0.717) is 0 Å². The van der Waals surface area contributed by atoms with Gasteiger partial charge < -0.3 is 24.3 Å². The van der Waals surface area contributed by atoms with Crippen LogP contribution in [0.15, 0.2) is 0 Å². The maximum Gasteiger partial charge on any atom is 0.303 e. The van der Waals surface area contributed by atoms with Crippen molar-refractivity contribution in [2.45, 2.75) is 45.3 Å². The first-order chi connectivity index (χ1) is 9.35. The predicted octanol–water partition coefficient (Wildman–Crippen LogP) is -0.643. The van der Waals surface area contributed by atoms with E-state index in [2.05, 4.69) is 5.32 Å². The molecule has 1 rings (SSSR count). The molecule has 1 N–H and O–H groups in total. The van der Waals surface area contributed by atoms with Crippen LogP contribution in [0.2, 0.25) is 0 Å². The molecule has 4 atom stereocenters. The average Bonchev–Trinajstić information content (AvgIpc) is 2.31. The Balaban J connectivity index is 2.95. The Labute approximate surface area is 116 Å². The first-order valence-electron chi connectivity index (χ1n) is 6.11. The summed E-state index contributed by atoms with van der Waals surface area (Å²) in [7, 11) is 1.38. The lowest BCUT2D eigenvalue weighted by molar-refractivity contribution is -0.254. The number of carbonyl (C=O) groups excluding carboxylic acids is 3. The molecule has 1 aliphatic heterocycles. The van der Waals surface area contributed by atoms with Gasteiger partial charge in [-0.1, -0.05) is 0 Å². The summed E-state index contributed by atoms with van der Waals surface area (Å²) in [4.78, 5) is 33.6. The number of esters is 2. The van der Waals surface area contributed by atoms with Gasteiger partial charge in [-0.25, -0.2) is 0 Å². The fraction of sp³-hybridized carbons (Fsp3) is 0.750. The lowest BCUT2D eigenvalue weighted by Gasteiger charge is -2.40. The third kappa shape index (κ3) is 4.46. The fourth-order valence-corrected chi connectivity index (χ4v) is 2.01. The van der Waals surface area contributed by atoms with Crippen LogP contribution in [0.3, 0.4) is 0 Å². The molecule has 0 aromatic rings. The Morgan fingerprint density at radius 3 is 2.05 bits per heavy atom. The number of hydrogen-bond acceptors (Lipinski definition) is 7. The zero-order chi connectivity index (χ0) is 15.3. The fourth-order valence-electron chi connectivity index (χ4n) is 2.01. The van der Waals surface area contributed by atoms with Crippen molar-refractivity contribution in [2.75, 3.05) is 13.7 Å². The van der Waals surface area contributed by atoms with Crippen LogP contribution in [0.1, 0.15) is 20.8 Å². The van der Waals surface area contributed by atoms with Crippen molar-refractivity contribution < 1.29 is 33.3 Å². The third-order valence-electron chi connectivity index (χ3n) is 2.65. The van der Waals surface area contributed by atoms with Crippen LogP contribution in [0.5, 0.6) is 0 Å². The first-order valence-corrected chi connectivity index (χ1v) is 6.11. The molecule has 1 aliphatic rings. The van der Waals surface area contributed by atoms with Crippen molar-refractivity contribution in [3.05, 3.63) is 0 Å². The van der Waals surface area contributed by atoms with E-state index < -0.39 is 36.5 Å². The molecule has 0 aromatic heterocycles. The second-order valence-corrected chi connectivity index (χ2v) is 4.39. The van der Waals surface area contributed by atoms with Crippen LogP contribution < -0.4 is 5.32 Å². The second kappa shape index (κ2) is 7.20. The zero-order valence-corrected chi connectivity index (χ0v) is 11.9. The minimum atomic E-state index is -0.952. The topological polar surface area (TPSA) is 100 Å². The van der Waals surface area contributed by atoms with Crippen LogP contribution in [-0.4, -0.2) is 56.1 Å². The van der Waals surface area contributed by atoms with Gasteiger partial charge in [0.2, 0.25) is 5.91 Å². The number of hydrogen-bond donors (Lipinski definition) is 1. The van der Waals surface area contributed by atoms with Gasteiger partial charge in [0.1, 0.15) is 0 Å². The van der Waals surface area contributed by atoms with Gasteiger partial charge in [0.15, 0.2) is 18.5 Å². The van der Waals surface area contributed by atoms with E-state index in [1.165, 1.54) is 27.9 Å². The average molecular weight is 289 g/mol. The summed E-state index contributed by atoms with van der Waals surface area (Å²) in [5.74, 6) is -1.44. The van der Waals surface area contributed by atoms with E-state index in [0.717, 1.165) is 0 Å². The van der Waals surface area contributed by atoms with Crippen LogP contribution in [0.4, 0.5) is 0 Å². The lowest BCUT2D eigenvalue weighted by atomic mass is 10.0. The van der Waals surface area contributed by atoms with Crippen LogP contribution >= 0.6 is 0 Å². The SMILES string of the molecule is CO[C@H]1OC[C@H](NC(C)=O)[C@H](OC(C)=O)[C@H]1OC(C)=O. The summed E-state index contributed by atoms with van der Waals surface area (Å²) in [6.07, 6.45) is -2.70. The Hall–Kier alpha value is -1.67. The molecule has 1 amide bonds. The van der Waals surface area contributed by atoms with Gasteiger partial charge >= 0.3 is 11.9 Å². The molecule has 1 fully saturated rings. The van der Waals surface area contributed by atoms with Gasteiger partial charge in [-0.15, -0.1) is 0 Å². The highest BCUT2D eigenvalue weighted by Gasteiger charge is 2.45. The highest BCUT2D eigenvalue weighted by Crippen LogP contribution is 2.22. The minimum absolute atomic E-state index is 0.0772. The Kier molecular flexibility index (Phi) is 5.90. The van der Waals surface area contributed by atoms with Crippen molar-refractivity contribution in [3.63, 3.8) is 0 Å². The maximum absolute atomic E-state index is 11.2. The third-order valence-corrected chi connectivity index (χ3v) is 2.65. The molecule has 0 saturated carbocycles. The summed E-state index contributed by atoms with van der Waals surface area (Å²) in [5, 5.41) is 2.60. The smallest absolute Gasteiger partial charge is 0.303 e. The summed E-state index contributed by atoms with van der Waals surface area (Å²) < 4.78 is 20.7. The molecule has 0 aliphatic carbocycles. The Morgan fingerprint density at radius 2 is 1.60 bits per heavy atom. The van der Waals surface area contributed by atoms with Gasteiger partial charge in [-0.2, -0.15) is 0 Å². The molecular formula is C12H19NO7. The van der Waals surface area contributed by atoms with Crippen molar-refractivity contribution in [1.82, 2.24) is 5.32 Å². The quantitative estimate of drug-likeness (QED) is 0.687. The minimum Gasteiger partial charge on any atom is -0.456 e. The molecule has 8 heteroatoms. The molecule has 114 valence electrons. The zero-order valence-electron chi connectivity index (χ0n) is 11.9. The Morgan fingerprint density at radius 1 is 1.05 bits per heavy atom. The van der Waals surface area contributed by atoms with E-state index in [1.54, 1.807) is 0 Å². The van der Waals surface area contributed by atoms with Crippen LogP contribution in [0, 0.1) is 0 Å². The number of rotatable bonds is 4. The number of nitrogens with one attached hydrogen (secondary N) is 1. The number of methoxy groups -OCH3 is 1. The molecule has 8 nitrogen and oxygen atoms in total. The van der Waals surface area contributed by atoms with Gasteiger partial charge in [-0.05, 0) is 0 Å². The van der Waals surface area contributed by atoms with Gasteiger partial charge in [0.25, 0.3) is 0 Å².